The molecule has 1 rings (SSSR count). The van der Waals surface area contributed by atoms with Crippen LogP contribution < -0.4 is 5.32 Å². The van der Waals surface area contributed by atoms with Gasteiger partial charge >= 0.3 is 0 Å². The van der Waals surface area contributed by atoms with Crippen LogP contribution in [0.1, 0.15) is 26.3 Å². The average molecular weight is 307 g/mol. The summed E-state index contributed by atoms with van der Waals surface area (Å²) in [6, 6.07) is 5.53. The highest BCUT2D eigenvalue weighted by Gasteiger charge is 2.26. The van der Waals surface area contributed by atoms with E-state index in [0.29, 0.717) is 5.56 Å². The molecule has 2 amide bonds. The van der Waals surface area contributed by atoms with Gasteiger partial charge in [0.25, 0.3) is 5.69 Å². The van der Waals surface area contributed by atoms with Crippen molar-refractivity contribution in [1.82, 2.24) is 10.2 Å². The molecule has 120 valence electrons. The highest BCUT2D eigenvalue weighted by molar-refractivity contribution is 5.86. The number of carbonyl (C=O) groups excluding carboxylic acids is 2. The van der Waals surface area contributed by atoms with Gasteiger partial charge in [-0.05, 0) is 11.5 Å². The highest BCUT2D eigenvalue weighted by atomic mass is 16.6. The van der Waals surface area contributed by atoms with Crippen LogP contribution in [0.3, 0.4) is 0 Å². The number of amides is 2. The molecule has 0 saturated carbocycles. The number of benzene rings is 1. The van der Waals surface area contributed by atoms with E-state index in [1.165, 1.54) is 24.0 Å². The molecule has 0 saturated heterocycles. The molecule has 0 bridgehead atoms. The SMILES string of the molecule is CC(=O)NC(C(=O)N(C)Cc1cccc([N+](=O)[O-])c1)C(C)C. The topological polar surface area (TPSA) is 92.6 Å². The van der Waals surface area contributed by atoms with Crippen molar-refractivity contribution < 1.29 is 14.5 Å². The summed E-state index contributed by atoms with van der Waals surface area (Å²) < 4.78 is 0. The molecule has 1 atom stereocenters. The van der Waals surface area contributed by atoms with Gasteiger partial charge in [-0.25, -0.2) is 0 Å². The monoisotopic (exact) mass is 307 g/mol. The lowest BCUT2D eigenvalue weighted by Gasteiger charge is -2.26. The van der Waals surface area contributed by atoms with Gasteiger partial charge in [0.2, 0.25) is 11.8 Å². The van der Waals surface area contributed by atoms with E-state index in [0.717, 1.165) is 0 Å². The summed E-state index contributed by atoms with van der Waals surface area (Å²) in [7, 11) is 1.61. The van der Waals surface area contributed by atoms with Gasteiger partial charge in [-0.1, -0.05) is 26.0 Å². The summed E-state index contributed by atoms with van der Waals surface area (Å²) in [5, 5.41) is 13.4. The van der Waals surface area contributed by atoms with Crippen molar-refractivity contribution in [2.24, 2.45) is 5.92 Å². The summed E-state index contributed by atoms with van der Waals surface area (Å²) in [5.74, 6) is -0.545. The van der Waals surface area contributed by atoms with E-state index in [-0.39, 0.29) is 30.0 Å². The van der Waals surface area contributed by atoms with E-state index in [4.69, 9.17) is 0 Å². The molecule has 0 fully saturated rings. The first-order valence-corrected chi connectivity index (χ1v) is 6.97. The molecular formula is C15H21N3O4. The Hall–Kier alpha value is -2.44. The lowest BCUT2D eigenvalue weighted by molar-refractivity contribution is -0.384. The van der Waals surface area contributed by atoms with Crippen LogP contribution in [0.4, 0.5) is 5.69 Å². The maximum Gasteiger partial charge on any atom is 0.269 e. The first-order chi connectivity index (χ1) is 10.2. The minimum absolute atomic E-state index is 0.0133. The fraction of sp³-hybridized carbons (Fsp3) is 0.467. The van der Waals surface area contributed by atoms with Gasteiger partial charge < -0.3 is 10.2 Å². The average Bonchev–Trinajstić information content (AvgIpc) is 2.43. The van der Waals surface area contributed by atoms with E-state index >= 15 is 0 Å². The van der Waals surface area contributed by atoms with Gasteiger partial charge in [0.05, 0.1) is 4.92 Å². The Balaban J connectivity index is 2.84. The van der Waals surface area contributed by atoms with Crippen LogP contribution in [-0.2, 0) is 16.1 Å². The van der Waals surface area contributed by atoms with E-state index in [1.807, 2.05) is 13.8 Å². The number of non-ortho nitro benzene ring substituents is 1. The Morgan fingerprint density at radius 2 is 2.00 bits per heavy atom. The van der Waals surface area contributed by atoms with Crippen molar-refractivity contribution in [2.45, 2.75) is 33.4 Å². The molecule has 1 aromatic rings. The molecular weight excluding hydrogens is 286 g/mol. The lowest BCUT2D eigenvalue weighted by atomic mass is 10.0. The van der Waals surface area contributed by atoms with Gasteiger partial charge in [-0.15, -0.1) is 0 Å². The third kappa shape index (κ3) is 4.83. The fourth-order valence-electron chi connectivity index (χ4n) is 2.09. The Labute approximate surface area is 129 Å². The molecule has 0 aliphatic rings. The zero-order valence-corrected chi connectivity index (χ0v) is 13.2. The number of nitro benzene ring substituents is 1. The number of nitro groups is 1. The predicted octanol–water partition coefficient (Wildman–Crippen LogP) is 1.71. The largest absolute Gasteiger partial charge is 0.344 e. The molecule has 7 heteroatoms. The minimum atomic E-state index is -0.610. The molecule has 1 aromatic carbocycles. The molecule has 1 unspecified atom stereocenters. The molecule has 0 spiro atoms. The second kappa shape index (κ2) is 7.53. The van der Waals surface area contributed by atoms with Gasteiger partial charge in [0.1, 0.15) is 6.04 Å². The molecule has 0 radical (unpaired) electrons. The molecule has 0 aromatic heterocycles. The van der Waals surface area contributed by atoms with Crippen LogP contribution in [0.2, 0.25) is 0 Å². The molecule has 0 aliphatic heterocycles. The number of likely N-dealkylation sites (N-methyl/N-ethyl adjacent to an activating group) is 1. The van der Waals surface area contributed by atoms with Gasteiger partial charge in [0, 0.05) is 32.6 Å². The van der Waals surface area contributed by atoms with Crippen molar-refractivity contribution >= 4 is 17.5 Å². The van der Waals surface area contributed by atoms with Gasteiger partial charge in [-0.2, -0.15) is 0 Å². The third-order valence-electron chi connectivity index (χ3n) is 3.21. The Kier molecular flexibility index (Phi) is 6.03. The van der Waals surface area contributed by atoms with Crippen LogP contribution >= 0.6 is 0 Å². The smallest absolute Gasteiger partial charge is 0.269 e. The van der Waals surface area contributed by atoms with Crippen molar-refractivity contribution in [2.75, 3.05) is 7.05 Å². The second-order valence-electron chi connectivity index (χ2n) is 5.54. The van der Waals surface area contributed by atoms with Crippen molar-refractivity contribution in [3.05, 3.63) is 39.9 Å². The molecule has 0 aliphatic carbocycles. The van der Waals surface area contributed by atoms with E-state index in [2.05, 4.69) is 5.32 Å². The quantitative estimate of drug-likeness (QED) is 0.639. The van der Waals surface area contributed by atoms with Crippen LogP contribution in [0.15, 0.2) is 24.3 Å². The van der Waals surface area contributed by atoms with E-state index in [9.17, 15) is 19.7 Å². The van der Waals surface area contributed by atoms with Crippen LogP contribution in [0.5, 0.6) is 0 Å². The zero-order chi connectivity index (χ0) is 16.9. The van der Waals surface area contributed by atoms with Crippen molar-refractivity contribution in [1.29, 1.82) is 0 Å². The summed E-state index contributed by atoms with van der Waals surface area (Å²) in [4.78, 5) is 35.4. The first kappa shape index (κ1) is 17.6. The predicted molar refractivity (Wildman–Crippen MR) is 82.0 cm³/mol. The summed E-state index contributed by atoms with van der Waals surface area (Å²) >= 11 is 0. The molecule has 1 N–H and O–H groups in total. The van der Waals surface area contributed by atoms with Crippen molar-refractivity contribution in [3.8, 4) is 0 Å². The standard InChI is InChI=1S/C15H21N3O4/c1-10(2)14(16-11(3)19)15(20)17(4)9-12-6-5-7-13(8-12)18(21)22/h5-8,10,14H,9H2,1-4H3,(H,16,19). The summed E-state index contributed by atoms with van der Waals surface area (Å²) in [6.45, 7) is 5.30. The fourth-order valence-corrected chi connectivity index (χ4v) is 2.09. The first-order valence-electron chi connectivity index (χ1n) is 6.97. The molecule has 22 heavy (non-hydrogen) atoms. The maximum absolute atomic E-state index is 12.4. The number of nitrogens with one attached hydrogen (secondary N) is 1. The summed E-state index contributed by atoms with van der Waals surface area (Å²) in [5.41, 5.74) is 0.649. The minimum Gasteiger partial charge on any atom is -0.344 e. The zero-order valence-electron chi connectivity index (χ0n) is 13.2. The van der Waals surface area contributed by atoms with Gasteiger partial charge in [-0.3, -0.25) is 19.7 Å². The normalized spacial score (nSPS) is 11.9. The van der Waals surface area contributed by atoms with Crippen molar-refractivity contribution in [3.63, 3.8) is 0 Å². The van der Waals surface area contributed by atoms with Crippen LogP contribution in [-0.4, -0.2) is 34.7 Å². The Bertz CT molecular complexity index is 572. The number of hydrogen-bond donors (Lipinski definition) is 1. The van der Waals surface area contributed by atoms with Crippen LogP contribution in [0.25, 0.3) is 0 Å². The maximum atomic E-state index is 12.4. The molecule has 0 heterocycles. The highest BCUT2D eigenvalue weighted by Crippen LogP contribution is 2.15. The Morgan fingerprint density at radius 1 is 1.36 bits per heavy atom. The number of rotatable bonds is 6. The summed E-state index contributed by atoms with van der Waals surface area (Å²) in [6.07, 6.45) is 0. The lowest BCUT2D eigenvalue weighted by Crippen LogP contribution is -2.49. The number of hydrogen-bond acceptors (Lipinski definition) is 4. The molecule has 7 nitrogen and oxygen atoms in total. The second-order valence-corrected chi connectivity index (χ2v) is 5.54. The number of carbonyl (C=O) groups is 2. The third-order valence-corrected chi connectivity index (χ3v) is 3.21. The Morgan fingerprint density at radius 3 is 2.50 bits per heavy atom. The van der Waals surface area contributed by atoms with Gasteiger partial charge in [0.15, 0.2) is 0 Å². The van der Waals surface area contributed by atoms with E-state index in [1.54, 1.807) is 19.2 Å². The van der Waals surface area contributed by atoms with E-state index < -0.39 is 11.0 Å². The number of nitrogens with zero attached hydrogens (tertiary/aromatic N) is 2. The van der Waals surface area contributed by atoms with Crippen LogP contribution in [0, 0.1) is 16.0 Å².